The third-order valence-corrected chi connectivity index (χ3v) is 4.85. The van der Waals surface area contributed by atoms with Crippen molar-refractivity contribution in [2.45, 2.75) is 6.92 Å². The second-order valence-electron chi connectivity index (χ2n) is 5.38. The van der Waals surface area contributed by atoms with Gasteiger partial charge in [-0.05, 0) is 35.9 Å². The van der Waals surface area contributed by atoms with Gasteiger partial charge in [-0.3, -0.25) is 4.79 Å². The number of halogens is 1. The number of aromatic nitrogens is 1. The molecule has 0 N–H and O–H groups in total. The quantitative estimate of drug-likeness (QED) is 0.312. The molecule has 0 saturated heterocycles. The maximum Gasteiger partial charge on any atom is 0.308 e. The summed E-state index contributed by atoms with van der Waals surface area (Å²) >= 11 is 4.84. The number of carbonyl (C=O) groups is 1. The minimum atomic E-state index is -0.366. The first kappa shape index (κ1) is 18.1. The van der Waals surface area contributed by atoms with Crippen LogP contribution in [0, 0.1) is 11.3 Å². The number of hydrogen-bond donors (Lipinski definition) is 0. The van der Waals surface area contributed by atoms with Gasteiger partial charge in [0.25, 0.3) is 0 Å². The number of rotatable bonds is 4. The third-order valence-electron chi connectivity index (χ3n) is 3.45. The molecule has 0 unspecified atom stereocenters. The van der Waals surface area contributed by atoms with E-state index in [9.17, 15) is 10.1 Å². The van der Waals surface area contributed by atoms with Gasteiger partial charge < -0.3 is 4.74 Å². The summed E-state index contributed by atoms with van der Waals surface area (Å²) in [4.78, 5) is 15.5. The van der Waals surface area contributed by atoms with Crippen molar-refractivity contribution < 1.29 is 9.53 Å². The molecule has 0 aliphatic rings. The standard InChI is InChI=1S/C20H13BrN2O2S/c1-13(24)25-18-8-2-14(3-9-18)10-16(11-22)20-23-19(12-26-20)15-4-6-17(21)7-5-15/h2-10,12H,1H3. The summed E-state index contributed by atoms with van der Waals surface area (Å²) in [6.07, 6.45) is 1.77. The van der Waals surface area contributed by atoms with Gasteiger partial charge in [-0.1, -0.05) is 40.2 Å². The van der Waals surface area contributed by atoms with Gasteiger partial charge in [-0.2, -0.15) is 5.26 Å². The van der Waals surface area contributed by atoms with E-state index in [0.717, 1.165) is 21.3 Å². The molecule has 0 saturated carbocycles. The molecular formula is C20H13BrN2O2S. The zero-order valence-corrected chi connectivity index (χ0v) is 16.2. The molecule has 0 amide bonds. The lowest BCUT2D eigenvalue weighted by Gasteiger charge is -2.01. The van der Waals surface area contributed by atoms with Gasteiger partial charge >= 0.3 is 5.97 Å². The minimum Gasteiger partial charge on any atom is -0.427 e. The highest BCUT2D eigenvalue weighted by molar-refractivity contribution is 9.10. The highest BCUT2D eigenvalue weighted by Crippen LogP contribution is 2.28. The van der Waals surface area contributed by atoms with Gasteiger partial charge in [0.05, 0.1) is 11.3 Å². The Morgan fingerprint density at radius 1 is 1.19 bits per heavy atom. The first-order valence-electron chi connectivity index (χ1n) is 7.67. The van der Waals surface area contributed by atoms with Crippen molar-refractivity contribution in [3.63, 3.8) is 0 Å². The Labute approximate surface area is 163 Å². The topological polar surface area (TPSA) is 63.0 Å². The number of carbonyl (C=O) groups excluding carboxylic acids is 1. The molecule has 0 fully saturated rings. The van der Waals surface area contributed by atoms with E-state index in [1.54, 1.807) is 30.3 Å². The summed E-state index contributed by atoms with van der Waals surface area (Å²) in [6.45, 7) is 1.35. The second-order valence-corrected chi connectivity index (χ2v) is 7.15. The van der Waals surface area contributed by atoms with Crippen LogP contribution < -0.4 is 4.74 Å². The van der Waals surface area contributed by atoms with Crippen molar-refractivity contribution in [3.05, 3.63) is 69.0 Å². The Kier molecular flexibility index (Phi) is 5.61. The smallest absolute Gasteiger partial charge is 0.308 e. The second kappa shape index (κ2) is 8.09. The lowest BCUT2D eigenvalue weighted by molar-refractivity contribution is -0.131. The van der Waals surface area contributed by atoms with Crippen LogP contribution in [0.4, 0.5) is 0 Å². The fraction of sp³-hybridized carbons (Fsp3) is 0.0500. The molecule has 4 nitrogen and oxygen atoms in total. The number of allylic oxidation sites excluding steroid dienone is 1. The minimum absolute atomic E-state index is 0.366. The van der Waals surface area contributed by atoms with E-state index in [1.165, 1.54) is 18.3 Å². The molecule has 3 aromatic rings. The van der Waals surface area contributed by atoms with Crippen LogP contribution in [0.5, 0.6) is 5.75 Å². The van der Waals surface area contributed by atoms with E-state index in [-0.39, 0.29) is 5.97 Å². The molecule has 0 bridgehead atoms. The van der Waals surface area contributed by atoms with Crippen LogP contribution in [0.3, 0.4) is 0 Å². The molecule has 6 heteroatoms. The maximum absolute atomic E-state index is 11.0. The summed E-state index contributed by atoms with van der Waals surface area (Å²) in [5.41, 5.74) is 3.15. The van der Waals surface area contributed by atoms with Crippen molar-refractivity contribution in [2.75, 3.05) is 0 Å². The number of nitrogens with zero attached hydrogens (tertiary/aromatic N) is 2. The van der Waals surface area contributed by atoms with E-state index in [1.807, 2.05) is 29.6 Å². The molecule has 2 aromatic carbocycles. The lowest BCUT2D eigenvalue weighted by atomic mass is 10.1. The Bertz CT molecular complexity index is 1000. The maximum atomic E-state index is 11.0. The average Bonchev–Trinajstić information content (AvgIpc) is 3.11. The normalized spacial score (nSPS) is 11.0. The SMILES string of the molecule is CC(=O)Oc1ccc(C=C(C#N)c2nc(-c3ccc(Br)cc3)cs2)cc1. The molecule has 1 aromatic heterocycles. The van der Waals surface area contributed by atoms with Crippen LogP contribution in [-0.2, 0) is 4.79 Å². The fourth-order valence-corrected chi connectivity index (χ4v) is 3.32. The van der Waals surface area contributed by atoms with Crippen LogP contribution in [0.2, 0.25) is 0 Å². The molecule has 128 valence electrons. The highest BCUT2D eigenvalue weighted by Gasteiger charge is 2.09. The van der Waals surface area contributed by atoms with E-state index in [2.05, 4.69) is 27.0 Å². The average molecular weight is 425 g/mol. The molecule has 0 spiro atoms. The summed E-state index contributed by atoms with van der Waals surface area (Å²) < 4.78 is 6.01. The molecule has 1 heterocycles. The van der Waals surface area contributed by atoms with Crippen LogP contribution >= 0.6 is 27.3 Å². The van der Waals surface area contributed by atoms with Crippen LogP contribution in [-0.4, -0.2) is 11.0 Å². The van der Waals surface area contributed by atoms with Gasteiger partial charge in [0, 0.05) is 22.3 Å². The van der Waals surface area contributed by atoms with E-state index < -0.39 is 0 Å². The Hall–Kier alpha value is -2.75. The van der Waals surface area contributed by atoms with Crippen molar-refractivity contribution >= 4 is 44.9 Å². The van der Waals surface area contributed by atoms with Crippen LogP contribution in [0.15, 0.2) is 58.4 Å². The van der Waals surface area contributed by atoms with Gasteiger partial charge in [0.2, 0.25) is 0 Å². The highest BCUT2D eigenvalue weighted by atomic mass is 79.9. The largest absolute Gasteiger partial charge is 0.427 e. The summed E-state index contributed by atoms with van der Waals surface area (Å²) in [5, 5.41) is 12.1. The van der Waals surface area contributed by atoms with Gasteiger partial charge in [0.1, 0.15) is 16.8 Å². The van der Waals surface area contributed by atoms with Crippen molar-refractivity contribution in [1.29, 1.82) is 5.26 Å². The zero-order chi connectivity index (χ0) is 18.5. The number of ether oxygens (including phenoxy) is 1. The molecule has 0 radical (unpaired) electrons. The number of hydrogen-bond acceptors (Lipinski definition) is 5. The molecule has 26 heavy (non-hydrogen) atoms. The zero-order valence-electron chi connectivity index (χ0n) is 13.8. The first-order chi connectivity index (χ1) is 12.5. The number of nitriles is 1. The Balaban J connectivity index is 1.85. The molecule has 0 atom stereocenters. The molecule has 3 rings (SSSR count). The fourth-order valence-electron chi connectivity index (χ4n) is 2.26. The van der Waals surface area contributed by atoms with Gasteiger partial charge in [0.15, 0.2) is 0 Å². The van der Waals surface area contributed by atoms with Gasteiger partial charge in [-0.15, -0.1) is 11.3 Å². The van der Waals surface area contributed by atoms with Crippen molar-refractivity contribution in [1.82, 2.24) is 4.98 Å². The first-order valence-corrected chi connectivity index (χ1v) is 9.34. The van der Waals surface area contributed by atoms with Crippen LogP contribution in [0.25, 0.3) is 22.9 Å². The monoisotopic (exact) mass is 424 g/mol. The van der Waals surface area contributed by atoms with Gasteiger partial charge in [-0.25, -0.2) is 4.98 Å². The molecule has 0 aliphatic carbocycles. The van der Waals surface area contributed by atoms with E-state index >= 15 is 0 Å². The summed E-state index contributed by atoms with van der Waals surface area (Å²) in [5.74, 6) is 0.106. The predicted octanol–water partition coefficient (Wildman–Crippen LogP) is 5.56. The lowest BCUT2D eigenvalue weighted by Crippen LogP contribution is -2.00. The number of esters is 1. The Morgan fingerprint density at radius 3 is 2.50 bits per heavy atom. The molecular weight excluding hydrogens is 412 g/mol. The summed E-state index contributed by atoms with van der Waals surface area (Å²) in [7, 11) is 0. The number of thiazole rings is 1. The van der Waals surface area contributed by atoms with Crippen LogP contribution in [0.1, 0.15) is 17.5 Å². The Morgan fingerprint density at radius 2 is 1.88 bits per heavy atom. The summed E-state index contributed by atoms with van der Waals surface area (Å²) in [6, 6.07) is 17.0. The van der Waals surface area contributed by atoms with Crippen molar-refractivity contribution in [3.8, 4) is 23.1 Å². The third kappa shape index (κ3) is 4.45. The van der Waals surface area contributed by atoms with E-state index in [0.29, 0.717) is 16.3 Å². The van der Waals surface area contributed by atoms with Crippen molar-refractivity contribution in [2.24, 2.45) is 0 Å². The van der Waals surface area contributed by atoms with E-state index in [4.69, 9.17) is 4.74 Å². The molecule has 0 aliphatic heterocycles. The predicted molar refractivity (Wildman–Crippen MR) is 106 cm³/mol. The number of benzene rings is 2.